The van der Waals surface area contributed by atoms with E-state index in [1.165, 1.54) is 6.07 Å². The summed E-state index contributed by atoms with van der Waals surface area (Å²) in [6.07, 6.45) is 7.43. The zero-order chi connectivity index (χ0) is 28.7. The highest BCUT2D eigenvalue weighted by Crippen LogP contribution is 2.39. The highest BCUT2D eigenvalue weighted by atomic mass is 79.9. The molecule has 3 aromatic heterocycles. The summed E-state index contributed by atoms with van der Waals surface area (Å²) in [5.74, 6) is 0.895. The molecular weight excluding hydrogens is 591 g/mol. The van der Waals surface area contributed by atoms with Gasteiger partial charge in [0.1, 0.15) is 18.2 Å². The highest BCUT2D eigenvalue weighted by Gasteiger charge is 2.29. The SMILES string of the molecule is COc1cc(CN(Cc2cn3c4c(c(Br)c(F)cc4c2=O)OCC3C)[C@H]2CCCN(c3ccc(N)nc3)C2)ccn1. The Morgan fingerprint density at radius 2 is 2.10 bits per heavy atom. The Morgan fingerprint density at radius 3 is 2.88 bits per heavy atom. The van der Waals surface area contributed by atoms with Gasteiger partial charge in [-0.25, -0.2) is 14.4 Å². The number of halogens is 2. The molecule has 2 aliphatic rings. The summed E-state index contributed by atoms with van der Waals surface area (Å²) in [6.45, 7) is 5.10. The van der Waals surface area contributed by atoms with Crippen LogP contribution in [-0.4, -0.2) is 52.3 Å². The molecule has 2 N–H and O–H groups in total. The number of nitrogen functional groups attached to an aromatic ring is 1. The van der Waals surface area contributed by atoms with E-state index >= 15 is 0 Å². The molecule has 1 fully saturated rings. The third kappa shape index (κ3) is 5.36. The van der Waals surface area contributed by atoms with Crippen molar-refractivity contribution in [3.63, 3.8) is 0 Å². The van der Waals surface area contributed by atoms with Crippen LogP contribution in [0.3, 0.4) is 0 Å². The monoisotopic (exact) mass is 622 g/mol. The van der Waals surface area contributed by atoms with Crippen LogP contribution in [0.15, 0.2) is 58.2 Å². The minimum atomic E-state index is -0.511. The van der Waals surface area contributed by atoms with E-state index in [2.05, 4.69) is 40.3 Å². The summed E-state index contributed by atoms with van der Waals surface area (Å²) in [5.41, 5.74) is 8.93. The van der Waals surface area contributed by atoms with E-state index in [4.69, 9.17) is 15.2 Å². The molecule has 11 heteroatoms. The van der Waals surface area contributed by atoms with Crippen molar-refractivity contribution in [2.45, 2.75) is 44.9 Å². The predicted molar refractivity (Wildman–Crippen MR) is 160 cm³/mol. The van der Waals surface area contributed by atoms with Crippen molar-refractivity contribution in [3.8, 4) is 11.6 Å². The van der Waals surface area contributed by atoms with Crippen LogP contribution in [-0.2, 0) is 13.1 Å². The number of aromatic nitrogens is 3. The van der Waals surface area contributed by atoms with Crippen molar-refractivity contribution in [1.29, 1.82) is 0 Å². The van der Waals surface area contributed by atoms with Gasteiger partial charge >= 0.3 is 0 Å². The number of nitrogens with two attached hydrogens (primary N) is 1. The van der Waals surface area contributed by atoms with Crippen LogP contribution >= 0.6 is 15.9 Å². The van der Waals surface area contributed by atoms with Gasteiger partial charge in [-0.1, -0.05) is 0 Å². The van der Waals surface area contributed by atoms with Gasteiger partial charge in [-0.05, 0) is 65.5 Å². The number of hydrogen-bond acceptors (Lipinski definition) is 8. The Kier molecular flexibility index (Phi) is 7.56. The first-order valence-electron chi connectivity index (χ1n) is 13.7. The zero-order valence-electron chi connectivity index (χ0n) is 23.0. The number of nitrogens with zero attached hydrogens (tertiary/aromatic N) is 5. The van der Waals surface area contributed by atoms with Gasteiger partial charge in [0.25, 0.3) is 0 Å². The lowest BCUT2D eigenvalue weighted by Gasteiger charge is -2.40. The van der Waals surface area contributed by atoms with Crippen LogP contribution in [0.4, 0.5) is 15.9 Å². The number of ether oxygens (including phenoxy) is 2. The van der Waals surface area contributed by atoms with Crippen molar-refractivity contribution in [3.05, 3.63) is 80.6 Å². The molecular formula is C30H32BrFN6O3. The largest absolute Gasteiger partial charge is 0.488 e. The molecule has 41 heavy (non-hydrogen) atoms. The molecule has 0 spiro atoms. The van der Waals surface area contributed by atoms with Gasteiger partial charge in [0, 0.05) is 56.2 Å². The Labute approximate surface area is 245 Å². The van der Waals surface area contributed by atoms with Gasteiger partial charge in [0.2, 0.25) is 5.88 Å². The maximum atomic E-state index is 14.9. The molecule has 9 nitrogen and oxygen atoms in total. The summed E-state index contributed by atoms with van der Waals surface area (Å²) in [6, 6.07) is 9.16. The van der Waals surface area contributed by atoms with Crippen molar-refractivity contribution in [2.24, 2.45) is 0 Å². The summed E-state index contributed by atoms with van der Waals surface area (Å²) in [4.78, 5) is 27.1. The van der Waals surface area contributed by atoms with E-state index in [9.17, 15) is 9.18 Å². The van der Waals surface area contributed by atoms with Gasteiger partial charge in [0.15, 0.2) is 11.2 Å². The molecule has 1 aromatic carbocycles. The third-order valence-corrected chi connectivity index (χ3v) is 8.74. The van der Waals surface area contributed by atoms with Crippen LogP contribution in [0.5, 0.6) is 11.6 Å². The topological polar surface area (TPSA) is 98.7 Å². The van der Waals surface area contributed by atoms with E-state index in [0.717, 1.165) is 37.2 Å². The lowest BCUT2D eigenvalue weighted by Crippen LogP contribution is -2.48. The second-order valence-electron chi connectivity index (χ2n) is 10.7. The summed E-state index contributed by atoms with van der Waals surface area (Å²) in [5, 5.41) is 0.327. The van der Waals surface area contributed by atoms with Crippen LogP contribution in [0.2, 0.25) is 0 Å². The molecule has 0 radical (unpaired) electrons. The number of hydrogen-bond donors (Lipinski definition) is 1. The minimum absolute atomic E-state index is 0.0113. The quantitative estimate of drug-likeness (QED) is 0.310. The fourth-order valence-corrected chi connectivity index (χ4v) is 6.28. The third-order valence-electron chi connectivity index (χ3n) is 8.00. The average molecular weight is 624 g/mol. The molecule has 1 unspecified atom stereocenters. The highest BCUT2D eigenvalue weighted by molar-refractivity contribution is 9.10. The second kappa shape index (κ2) is 11.3. The molecule has 0 bridgehead atoms. The van der Waals surface area contributed by atoms with Crippen molar-refractivity contribution < 1.29 is 13.9 Å². The minimum Gasteiger partial charge on any atom is -0.488 e. The Hall–Kier alpha value is -3.70. The second-order valence-corrected chi connectivity index (χ2v) is 11.5. The summed E-state index contributed by atoms with van der Waals surface area (Å²) >= 11 is 3.31. The van der Waals surface area contributed by atoms with Gasteiger partial charge < -0.3 is 24.7 Å². The van der Waals surface area contributed by atoms with Gasteiger partial charge in [-0.3, -0.25) is 9.69 Å². The lowest BCUT2D eigenvalue weighted by atomic mass is 10.0. The number of benzene rings is 1. The summed E-state index contributed by atoms with van der Waals surface area (Å²) in [7, 11) is 1.60. The van der Waals surface area contributed by atoms with Gasteiger partial charge in [0.05, 0.1) is 40.4 Å². The van der Waals surface area contributed by atoms with E-state index < -0.39 is 5.82 Å². The molecule has 4 aromatic rings. The van der Waals surface area contributed by atoms with E-state index in [1.54, 1.807) is 13.3 Å². The summed E-state index contributed by atoms with van der Waals surface area (Å²) < 4.78 is 28.4. The van der Waals surface area contributed by atoms with E-state index in [1.807, 2.05) is 43.6 Å². The number of piperidine rings is 1. The predicted octanol–water partition coefficient (Wildman–Crippen LogP) is 4.91. The number of pyridine rings is 3. The Balaban J connectivity index is 1.39. The standard InChI is InChI=1S/C30H32BrFN6O3/c1-18-17-41-30-27(31)24(32)11-23-28(30)38(18)15-20(29(23)39)14-37(13-19-7-8-34-26(10-19)40-2)22-4-3-9-36(16-22)21-5-6-25(33)35-12-21/h5-8,10-12,15,18,22H,3-4,9,13-14,16-17H2,1-2H3,(H2,33,35)/t18?,22-/m0/s1. The molecule has 2 aliphatic heterocycles. The Bertz CT molecular complexity index is 1650. The van der Waals surface area contributed by atoms with Crippen LogP contribution < -0.4 is 25.5 Å². The first-order valence-corrected chi connectivity index (χ1v) is 14.5. The fraction of sp³-hybridized carbons (Fsp3) is 0.367. The van der Waals surface area contributed by atoms with Crippen molar-refractivity contribution >= 4 is 38.3 Å². The molecule has 2 atom stereocenters. The number of methoxy groups -OCH3 is 1. The van der Waals surface area contributed by atoms with Crippen molar-refractivity contribution in [1.82, 2.24) is 19.4 Å². The van der Waals surface area contributed by atoms with E-state index in [0.29, 0.717) is 53.6 Å². The number of rotatable bonds is 7. The van der Waals surface area contributed by atoms with Gasteiger partial charge in [-0.2, -0.15) is 0 Å². The van der Waals surface area contributed by atoms with Crippen LogP contribution in [0.1, 0.15) is 36.9 Å². The molecule has 214 valence electrons. The number of anilines is 2. The van der Waals surface area contributed by atoms with E-state index in [-0.39, 0.29) is 22.0 Å². The van der Waals surface area contributed by atoms with Crippen LogP contribution in [0.25, 0.3) is 10.9 Å². The molecule has 6 rings (SSSR count). The van der Waals surface area contributed by atoms with Gasteiger partial charge in [-0.15, -0.1) is 0 Å². The first-order chi connectivity index (χ1) is 19.8. The Morgan fingerprint density at radius 1 is 1.24 bits per heavy atom. The first kappa shape index (κ1) is 27.5. The zero-order valence-corrected chi connectivity index (χ0v) is 24.6. The lowest BCUT2D eigenvalue weighted by molar-refractivity contribution is 0.157. The average Bonchev–Trinajstić information content (AvgIpc) is 2.99. The molecule has 0 amide bonds. The molecule has 0 saturated carbocycles. The molecule has 5 heterocycles. The maximum Gasteiger partial charge on any atom is 0.213 e. The van der Waals surface area contributed by atoms with Crippen molar-refractivity contribution in [2.75, 3.05) is 37.4 Å². The normalized spacial score (nSPS) is 18.5. The molecule has 0 aliphatic carbocycles. The molecule has 1 saturated heterocycles. The fourth-order valence-electron chi connectivity index (χ4n) is 5.86. The van der Waals surface area contributed by atoms with Crippen LogP contribution in [0, 0.1) is 5.82 Å². The smallest absolute Gasteiger partial charge is 0.213 e. The maximum absolute atomic E-state index is 14.9.